The number of nitrogens with one attached hydrogen (secondary N) is 1. The molecule has 0 amide bonds. The van der Waals surface area contributed by atoms with Crippen molar-refractivity contribution in [2.45, 2.75) is 19.9 Å². The molecular formula is C13H14FN3O2. The second-order valence-corrected chi connectivity index (χ2v) is 4.56. The van der Waals surface area contributed by atoms with Crippen LogP contribution in [0.3, 0.4) is 0 Å². The molecule has 0 aliphatic heterocycles. The molecule has 0 aliphatic carbocycles. The molecule has 1 aromatic heterocycles. The maximum atomic E-state index is 13.8. The minimum atomic E-state index is -1.00. The Morgan fingerprint density at radius 3 is 2.74 bits per heavy atom. The summed E-state index contributed by atoms with van der Waals surface area (Å²) in [7, 11) is 0. The molecule has 0 saturated heterocycles. The van der Waals surface area contributed by atoms with E-state index in [9.17, 15) is 9.18 Å². The summed E-state index contributed by atoms with van der Waals surface area (Å²) in [5.41, 5.74) is 0.436. The van der Waals surface area contributed by atoms with Crippen molar-refractivity contribution in [2.75, 3.05) is 5.32 Å². The van der Waals surface area contributed by atoms with E-state index in [-0.39, 0.29) is 17.1 Å². The molecule has 1 aromatic carbocycles. The molecule has 19 heavy (non-hydrogen) atoms. The molecule has 2 rings (SSSR count). The molecular weight excluding hydrogens is 249 g/mol. The Bertz CT molecular complexity index is 611. The van der Waals surface area contributed by atoms with E-state index in [0.29, 0.717) is 5.52 Å². The van der Waals surface area contributed by atoms with Crippen molar-refractivity contribution in [3.63, 3.8) is 0 Å². The fourth-order valence-corrected chi connectivity index (χ4v) is 1.84. The molecule has 2 N–H and O–H groups in total. The van der Waals surface area contributed by atoms with Crippen molar-refractivity contribution in [1.29, 1.82) is 0 Å². The lowest BCUT2D eigenvalue weighted by Gasteiger charge is -2.19. The molecule has 1 atom stereocenters. The number of benzene rings is 1. The van der Waals surface area contributed by atoms with Crippen molar-refractivity contribution < 1.29 is 14.3 Å². The number of hydrogen-bond acceptors (Lipinski definition) is 4. The zero-order chi connectivity index (χ0) is 14.0. The van der Waals surface area contributed by atoms with Crippen LogP contribution in [-0.2, 0) is 4.79 Å². The average Bonchev–Trinajstić information content (AvgIpc) is 2.35. The van der Waals surface area contributed by atoms with Crippen molar-refractivity contribution in [2.24, 2.45) is 5.92 Å². The van der Waals surface area contributed by atoms with Crippen LogP contribution in [0.5, 0.6) is 0 Å². The number of anilines is 1. The number of rotatable bonds is 4. The van der Waals surface area contributed by atoms with Crippen LogP contribution in [0.1, 0.15) is 13.8 Å². The van der Waals surface area contributed by atoms with Gasteiger partial charge in [-0.3, -0.25) is 0 Å². The van der Waals surface area contributed by atoms with Crippen LogP contribution in [0.2, 0.25) is 0 Å². The molecule has 0 aliphatic rings. The van der Waals surface area contributed by atoms with Gasteiger partial charge in [-0.2, -0.15) is 0 Å². The van der Waals surface area contributed by atoms with Gasteiger partial charge >= 0.3 is 5.97 Å². The predicted octanol–water partition coefficient (Wildman–Crippen LogP) is 2.29. The monoisotopic (exact) mass is 263 g/mol. The van der Waals surface area contributed by atoms with Crippen LogP contribution < -0.4 is 5.32 Å². The van der Waals surface area contributed by atoms with Gasteiger partial charge < -0.3 is 10.4 Å². The Morgan fingerprint density at radius 1 is 1.37 bits per heavy atom. The highest BCUT2D eigenvalue weighted by Gasteiger charge is 2.23. The summed E-state index contributed by atoms with van der Waals surface area (Å²) in [6, 6.07) is 3.65. The first kappa shape index (κ1) is 13.2. The van der Waals surface area contributed by atoms with Gasteiger partial charge in [0.25, 0.3) is 0 Å². The highest BCUT2D eigenvalue weighted by molar-refractivity contribution is 5.91. The van der Waals surface area contributed by atoms with Crippen LogP contribution in [-0.4, -0.2) is 27.1 Å². The van der Waals surface area contributed by atoms with E-state index >= 15 is 0 Å². The van der Waals surface area contributed by atoms with Crippen LogP contribution >= 0.6 is 0 Å². The van der Waals surface area contributed by atoms with E-state index in [1.807, 2.05) is 0 Å². The van der Waals surface area contributed by atoms with Gasteiger partial charge in [-0.05, 0) is 18.1 Å². The smallest absolute Gasteiger partial charge is 0.326 e. The molecule has 6 heteroatoms. The highest BCUT2D eigenvalue weighted by Crippen LogP contribution is 2.23. The van der Waals surface area contributed by atoms with E-state index in [0.717, 1.165) is 0 Å². The number of aliphatic carboxylic acids is 1. The second-order valence-electron chi connectivity index (χ2n) is 4.56. The number of halogens is 1. The number of aromatic nitrogens is 2. The average molecular weight is 263 g/mol. The summed E-state index contributed by atoms with van der Waals surface area (Å²) in [4.78, 5) is 19.1. The van der Waals surface area contributed by atoms with Crippen LogP contribution in [0.15, 0.2) is 24.5 Å². The van der Waals surface area contributed by atoms with Crippen LogP contribution in [0, 0.1) is 11.7 Å². The lowest BCUT2D eigenvalue weighted by Crippen LogP contribution is -2.34. The van der Waals surface area contributed by atoms with E-state index in [1.165, 1.54) is 12.4 Å². The quantitative estimate of drug-likeness (QED) is 0.885. The minimum Gasteiger partial charge on any atom is -0.480 e. The molecule has 0 bridgehead atoms. The number of carboxylic acid groups (broad SMARTS) is 1. The molecule has 5 nitrogen and oxygen atoms in total. The minimum absolute atomic E-state index is 0.158. The van der Waals surface area contributed by atoms with E-state index in [1.54, 1.807) is 26.0 Å². The fourth-order valence-electron chi connectivity index (χ4n) is 1.84. The van der Waals surface area contributed by atoms with Gasteiger partial charge in [0.1, 0.15) is 24.0 Å². The number of hydrogen-bond donors (Lipinski definition) is 2. The van der Waals surface area contributed by atoms with Crippen LogP contribution in [0.25, 0.3) is 10.9 Å². The third kappa shape index (κ3) is 2.62. The Labute approximate surface area is 109 Å². The SMILES string of the molecule is CC(C)[C@@H](Nc1ncnc2cccc(F)c12)C(=O)O. The Balaban J connectivity index is 2.48. The standard InChI is InChI=1S/C13H14FN3O2/c1-7(2)11(13(18)19)17-12-10-8(14)4-3-5-9(10)15-6-16-12/h3-7,11H,1-2H3,(H,18,19)(H,15,16,17)/t11-/m1/s1. The number of fused-ring (bicyclic) bond motifs is 1. The van der Waals surface area contributed by atoms with Crippen LogP contribution in [0.4, 0.5) is 10.2 Å². The first-order chi connectivity index (χ1) is 9.00. The normalized spacial score (nSPS) is 12.6. The van der Waals surface area contributed by atoms with E-state index < -0.39 is 17.8 Å². The fraction of sp³-hybridized carbons (Fsp3) is 0.308. The second kappa shape index (κ2) is 5.17. The Hall–Kier alpha value is -2.24. The number of carboxylic acids is 1. The molecule has 0 unspecified atom stereocenters. The molecule has 0 spiro atoms. The zero-order valence-electron chi connectivity index (χ0n) is 10.6. The Kier molecular flexibility index (Phi) is 3.59. The molecule has 0 fully saturated rings. The number of nitrogens with zero attached hydrogens (tertiary/aromatic N) is 2. The van der Waals surface area contributed by atoms with Crippen molar-refractivity contribution in [3.05, 3.63) is 30.3 Å². The molecule has 0 radical (unpaired) electrons. The van der Waals surface area contributed by atoms with Gasteiger partial charge in [-0.15, -0.1) is 0 Å². The van der Waals surface area contributed by atoms with E-state index in [4.69, 9.17) is 5.11 Å². The van der Waals surface area contributed by atoms with Crippen molar-refractivity contribution in [1.82, 2.24) is 9.97 Å². The van der Waals surface area contributed by atoms with Gasteiger partial charge in [0.15, 0.2) is 0 Å². The van der Waals surface area contributed by atoms with Gasteiger partial charge in [0.2, 0.25) is 0 Å². The summed E-state index contributed by atoms with van der Waals surface area (Å²) in [5, 5.41) is 12.1. The summed E-state index contributed by atoms with van der Waals surface area (Å²) in [5.74, 6) is -1.44. The molecule has 2 aromatic rings. The largest absolute Gasteiger partial charge is 0.480 e. The first-order valence-corrected chi connectivity index (χ1v) is 5.89. The van der Waals surface area contributed by atoms with Gasteiger partial charge in [0, 0.05) is 0 Å². The third-order valence-corrected chi connectivity index (χ3v) is 2.84. The molecule has 100 valence electrons. The summed E-state index contributed by atoms with van der Waals surface area (Å²) in [6.07, 6.45) is 1.28. The topological polar surface area (TPSA) is 75.1 Å². The summed E-state index contributed by atoms with van der Waals surface area (Å²) < 4.78 is 13.8. The Morgan fingerprint density at radius 2 is 2.11 bits per heavy atom. The van der Waals surface area contributed by atoms with Crippen molar-refractivity contribution in [3.8, 4) is 0 Å². The molecule has 0 saturated carbocycles. The lowest BCUT2D eigenvalue weighted by atomic mass is 10.0. The third-order valence-electron chi connectivity index (χ3n) is 2.84. The molecule has 1 heterocycles. The number of carbonyl (C=O) groups is 1. The maximum absolute atomic E-state index is 13.8. The zero-order valence-corrected chi connectivity index (χ0v) is 10.6. The van der Waals surface area contributed by atoms with E-state index in [2.05, 4.69) is 15.3 Å². The summed E-state index contributed by atoms with van der Waals surface area (Å²) in [6.45, 7) is 3.54. The maximum Gasteiger partial charge on any atom is 0.326 e. The van der Waals surface area contributed by atoms with Crippen molar-refractivity contribution >= 4 is 22.7 Å². The van der Waals surface area contributed by atoms with Gasteiger partial charge in [-0.1, -0.05) is 19.9 Å². The summed E-state index contributed by atoms with van der Waals surface area (Å²) >= 11 is 0. The first-order valence-electron chi connectivity index (χ1n) is 5.89. The highest BCUT2D eigenvalue weighted by atomic mass is 19.1. The predicted molar refractivity (Wildman–Crippen MR) is 69.4 cm³/mol. The van der Waals surface area contributed by atoms with Gasteiger partial charge in [0.05, 0.1) is 10.9 Å². The van der Waals surface area contributed by atoms with Gasteiger partial charge in [-0.25, -0.2) is 19.2 Å². The lowest BCUT2D eigenvalue weighted by molar-refractivity contribution is -0.138.